The topological polar surface area (TPSA) is 52.2 Å². The molecule has 4 heteroatoms. The van der Waals surface area contributed by atoms with Crippen LogP contribution in [0.4, 0.5) is 5.69 Å². The highest BCUT2D eigenvalue weighted by molar-refractivity contribution is 6.02. The smallest absolute Gasteiger partial charge is 0.0479 e. The normalized spacial score (nSPS) is 12.6. The van der Waals surface area contributed by atoms with E-state index in [4.69, 9.17) is 0 Å². The van der Waals surface area contributed by atoms with Gasteiger partial charge in [-0.1, -0.05) is 6.58 Å². The fraction of sp³-hybridized carbons (Fsp3) is 0.278. The fourth-order valence-electron chi connectivity index (χ4n) is 2.54. The minimum Gasteiger partial charge on any atom is -0.391 e. The number of aryl methyl sites for hydroxylation is 1. The minimum atomic E-state index is 0.928. The van der Waals surface area contributed by atoms with Gasteiger partial charge in [0.2, 0.25) is 0 Å². The number of nitrogens with one attached hydrogen (secondary N) is 3. The first-order valence-corrected chi connectivity index (χ1v) is 7.33. The molecule has 0 radical (unpaired) electrons. The van der Waals surface area contributed by atoms with Gasteiger partial charge in [-0.15, -0.1) is 0 Å². The number of aromatic amines is 1. The lowest BCUT2D eigenvalue weighted by molar-refractivity contribution is 0.984. The SMILES string of the molecule is C=C(C(/C=N\C)=C(/C)NC)c1cc2cc(C)c(NC)cc2[nH]1. The molecule has 2 rings (SSSR count). The fourth-order valence-corrected chi connectivity index (χ4v) is 2.54. The summed E-state index contributed by atoms with van der Waals surface area (Å²) in [5.74, 6) is 0. The van der Waals surface area contributed by atoms with Crippen LogP contribution in [0.15, 0.2) is 41.0 Å². The second-order valence-corrected chi connectivity index (χ2v) is 5.34. The Balaban J connectivity index is 2.52. The molecule has 0 fully saturated rings. The van der Waals surface area contributed by atoms with E-state index in [1.54, 1.807) is 7.05 Å². The van der Waals surface area contributed by atoms with Crippen molar-refractivity contribution >= 4 is 28.4 Å². The average Bonchev–Trinajstić information content (AvgIpc) is 2.93. The van der Waals surface area contributed by atoms with Gasteiger partial charge in [0.25, 0.3) is 0 Å². The average molecular weight is 296 g/mol. The van der Waals surface area contributed by atoms with Crippen LogP contribution < -0.4 is 10.6 Å². The molecule has 0 atom stereocenters. The van der Waals surface area contributed by atoms with Crippen molar-refractivity contribution in [3.8, 4) is 0 Å². The van der Waals surface area contributed by atoms with Crippen LogP contribution in [-0.4, -0.2) is 32.3 Å². The summed E-state index contributed by atoms with van der Waals surface area (Å²) in [6, 6.07) is 6.44. The van der Waals surface area contributed by atoms with Crippen molar-refractivity contribution in [3.63, 3.8) is 0 Å². The Labute approximate surface area is 132 Å². The van der Waals surface area contributed by atoms with E-state index < -0.39 is 0 Å². The van der Waals surface area contributed by atoms with Gasteiger partial charge in [-0.2, -0.15) is 0 Å². The van der Waals surface area contributed by atoms with Crippen molar-refractivity contribution in [1.29, 1.82) is 0 Å². The number of fused-ring (bicyclic) bond motifs is 1. The van der Waals surface area contributed by atoms with Crippen molar-refractivity contribution in [2.45, 2.75) is 13.8 Å². The van der Waals surface area contributed by atoms with Crippen molar-refractivity contribution in [1.82, 2.24) is 10.3 Å². The number of nitrogens with zero attached hydrogens (tertiary/aromatic N) is 1. The second kappa shape index (κ2) is 6.52. The summed E-state index contributed by atoms with van der Waals surface area (Å²) in [5.41, 5.74) is 7.43. The molecule has 0 saturated heterocycles. The Morgan fingerprint density at radius 2 is 2.00 bits per heavy atom. The van der Waals surface area contributed by atoms with Gasteiger partial charge in [-0.25, -0.2) is 0 Å². The van der Waals surface area contributed by atoms with Gasteiger partial charge < -0.3 is 15.6 Å². The zero-order chi connectivity index (χ0) is 16.3. The van der Waals surface area contributed by atoms with Crippen LogP contribution in [0, 0.1) is 6.92 Å². The second-order valence-electron chi connectivity index (χ2n) is 5.34. The maximum atomic E-state index is 4.24. The van der Waals surface area contributed by atoms with Gasteiger partial charge in [0.15, 0.2) is 0 Å². The number of hydrogen-bond acceptors (Lipinski definition) is 3. The van der Waals surface area contributed by atoms with Crippen molar-refractivity contribution < 1.29 is 0 Å². The molecule has 0 spiro atoms. The molecule has 0 bridgehead atoms. The molecule has 0 aliphatic heterocycles. The molecular weight excluding hydrogens is 272 g/mol. The summed E-state index contributed by atoms with van der Waals surface area (Å²) in [4.78, 5) is 7.59. The third kappa shape index (κ3) is 2.91. The van der Waals surface area contributed by atoms with E-state index in [-0.39, 0.29) is 0 Å². The number of rotatable bonds is 5. The van der Waals surface area contributed by atoms with Crippen LogP contribution in [0.1, 0.15) is 18.2 Å². The minimum absolute atomic E-state index is 0.928. The summed E-state index contributed by atoms with van der Waals surface area (Å²) in [5, 5.41) is 7.56. The molecule has 0 saturated carbocycles. The molecule has 0 aliphatic carbocycles. The predicted molar refractivity (Wildman–Crippen MR) is 97.8 cm³/mol. The maximum absolute atomic E-state index is 4.24. The van der Waals surface area contributed by atoms with Gasteiger partial charge in [-0.05, 0) is 37.6 Å². The molecule has 2 aromatic rings. The van der Waals surface area contributed by atoms with Crippen LogP contribution in [-0.2, 0) is 0 Å². The predicted octanol–water partition coefficient (Wildman–Crippen LogP) is 3.73. The quantitative estimate of drug-likeness (QED) is 0.582. The van der Waals surface area contributed by atoms with Crippen LogP contribution >= 0.6 is 0 Å². The number of hydrogen-bond donors (Lipinski definition) is 3. The third-order valence-corrected chi connectivity index (χ3v) is 3.92. The number of allylic oxidation sites excluding steroid dienone is 3. The lowest BCUT2D eigenvalue weighted by Crippen LogP contribution is -2.07. The van der Waals surface area contributed by atoms with Crippen molar-refractivity contribution in [2.75, 3.05) is 26.5 Å². The Morgan fingerprint density at radius 1 is 1.27 bits per heavy atom. The Bertz CT molecular complexity index is 763. The van der Waals surface area contributed by atoms with Crippen molar-refractivity contribution in [2.24, 2.45) is 4.99 Å². The van der Waals surface area contributed by atoms with E-state index in [0.717, 1.165) is 33.7 Å². The van der Waals surface area contributed by atoms with Gasteiger partial charge in [-0.3, -0.25) is 4.99 Å². The molecule has 4 nitrogen and oxygen atoms in total. The van der Waals surface area contributed by atoms with Crippen LogP contribution in [0.5, 0.6) is 0 Å². The highest BCUT2D eigenvalue weighted by atomic mass is 14.8. The zero-order valence-corrected chi connectivity index (χ0v) is 14.0. The van der Waals surface area contributed by atoms with E-state index in [0.29, 0.717) is 0 Å². The molecule has 1 aromatic heterocycles. The maximum Gasteiger partial charge on any atom is 0.0479 e. The molecular formula is C18H24N4. The number of anilines is 1. The highest BCUT2D eigenvalue weighted by Gasteiger charge is 2.11. The number of aromatic nitrogens is 1. The Kier molecular flexibility index (Phi) is 4.71. The van der Waals surface area contributed by atoms with E-state index in [9.17, 15) is 0 Å². The number of benzene rings is 1. The first-order valence-electron chi connectivity index (χ1n) is 7.33. The molecule has 22 heavy (non-hydrogen) atoms. The van der Waals surface area contributed by atoms with Gasteiger partial charge >= 0.3 is 0 Å². The van der Waals surface area contributed by atoms with E-state index in [2.05, 4.69) is 52.3 Å². The summed E-state index contributed by atoms with van der Waals surface area (Å²) >= 11 is 0. The Morgan fingerprint density at radius 3 is 2.59 bits per heavy atom. The van der Waals surface area contributed by atoms with E-state index >= 15 is 0 Å². The van der Waals surface area contributed by atoms with Crippen molar-refractivity contribution in [3.05, 3.63) is 47.3 Å². The number of aliphatic imine (C=N–C) groups is 1. The first kappa shape index (κ1) is 15.9. The van der Waals surface area contributed by atoms with Gasteiger partial charge in [0, 0.05) is 66.5 Å². The van der Waals surface area contributed by atoms with Gasteiger partial charge in [0.05, 0.1) is 0 Å². The molecule has 0 aliphatic rings. The first-order chi connectivity index (χ1) is 10.5. The molecule has 3 N–H and O–H groups in total. The zero-order valence-electron chi connectivity index (χ0n) is 14.0. The number of H-pyrrole nitrogens is 1. The monoisotopic (exact) mass is 296 g/mol. The Hall–Kier alpha value is -2.49. The van der Waals surface area contributed by atoms with E-state index in [1.807, 2.05) is 27.2 Å². The lowest BCUT2D eigenvalue weighted by Gasteiger charge is -2.09. The van der Waals surface area contributed by atoms with Crippen LogP contribution in [0.25, 0.3) is 16.5 Å². The molecule has 1 aromatic carbocycles. The standard InChI is InChI=1S/C18H24N4/c1-11-7-14-8-17(22-18(14)9-16(11)21-6)12(2)15(10-19-4)13(3)20-5/h7-10,20-22H,2H2,1,3-6H3/b15-13-,19-10-. The highest BCUT2D eigenvalue weighted by Crippen LogP contribution is 2.28. The molecule has 0 unspecified atom stereocenters. The summed E-state index contributed by atoms with van der Waals surface area (Å²) in [6.07, 6.45) is 1.84. The summed E-state index contributed by atoms with van der Waals surface area (Å²) < 4.78 is 0. The lowest BCUT2D eigenvalue weighted by atomic mass is 10.0. The summed E-state index contributed by atoms with van der Waals surface area (Å²) in [7, 11) is 5.61. The van der Waals surface area contributed by atoms with E-state index in [1.165, 1.54) is 10.9 Å². The van der Waals surface area contributed by atoms with Crippen LogP contribution in [0.2, 0.25) is 0 Å². The molecule has 116 valence electrons. The van der Waals surface area contributed by atoms with Crippen LogP contribution in [0.3, 0.4) is 0 Å². The molecule has 1 heterocycles. The third-order valence-electron chi connectivity index (χ3n) is 3.92. The summed E-state index contributed by atoms with van der Waals surface area (Å²) in [6.45, 7) is 8.36. The molecule has 0 amide bonds. The van der Waals surface area contributed by atoms with Gasteiger partial charge in [0.1, 0.15) is 0 Å². The largest absolute Gasteiger partial charge is 0.391 e.